The fourth-order valence-electron chi connectivity index (χ4n) is 1.25. The van der Waals surface area contributed by atoms with E-state index in [9.17, 15) is 4.21 Å². The molecule has 0 aliphatic rings. The maximum atomic E-state index is 11.9. The molecule has 1 aromatic rings. The van der Waals surface area contributed by atoms with Gasteiger partial charge in [-0.05, 0) is 36.1 Å². The quantitative estimate of drug-likeness (QED) is 0.642. The Bertz CT molecular complexity index is 371. The smallest absolute Gasteiger partial charge is 0.0587 e. The Hall–Kier alpha value is -0.190. The largest absolute Gasteiger partial charge is 0.399 e. The van der Waals surface area contributed by atoms with Gasteiger partial charge in [-0.1, -0.05) is 18.5 Å². The van der Waals surface area contributed by atoms with E-state index in [1.165, 1.54) is 0 Å². The Morgan fingerprint density at radius 2 is 2.25 bits per heavy atom. The molecular weight excluding hydrogens is 262 g/mol. The zero-order valence-electron chi connectivity index (χ0n) is 9.24. The van der Waals surface area contributed by atoms with Gasteiger partial charge in [0.2, 0.25) is 0 Å². The van der Waals surface area contributed by atoms with Crippen LogP contribution in [0.5, 0.6) is 0 Å². The van der Waals surface area contributed by atoms with Crippen LogP contribution < -0.4 is 5.73 Å². The summed E-state index contributed by atoms with van der Waals surface area (Å²) in [5.41, 5.74) is 6.18. The SMILES string of the molecule is CCSCCCS(=O)c1ccc(N)cc1Cl. The summed E-state index contributed by atoms with van der Waals surface area (Å²) in [5, 5.41) is 0.501. The fraction of sp³-hybridized carbons (Fsp3) is 0.455. The molecule has 2 N–H and O–H groups in total. The van der Waals surface area contributed by atoms with E-state index >= 15 is 0 Å². The van der Waals surface area contributed by atoms with E-state index in [2.05, 4.69) is 6.92 Å². The van der Waals surface area contributed by atoms with Crippen molar-refractivity contribution < 1.29 is 4.21 Å². The molecular formula is C11H16ClNOS2. The van der Waals surface area contributed by atoms with Crippen molar-refractivity contribution in [1.29, 1.82) is 0 Å². The van der Waals surface area contributed by atoms with Gasteiger partial charge in [0.1, 0.15) is 0 Å². The molecule has 1 rings (SSSR count). The van der Waals surface area contributed by atoms with E-state index in [4.69, 9.17) is 17.3 Å². The lowest BCUT2D eigenvalue weighted by Gasteiger charge is -2.05. The number of hydrogen-bond acceptors (Lipinski definition) is 3. The Balaban J connectivity index is 2.53. The van der Waals surface area contributed by atoms with E-state index in [0.29, 0.717) is 21.4 Å². The molecule has 0 saturated carbocycles. The van der Waals surface area contributed by atoms with Crippen LogP contribution in [0.1, 0.15) is 13.3 Å². The summed E-state index contributed by atoms with van der Waals surface area (Å²) in [6.45, 7) is 2.12. The number of anilines is 1. The van der Waals surface area contributed by atoms with E-state index in [1.54, 1.807) is 18.2 Å². The van der Waals surface area contributed by atoms with Crippen LogP contribution in [0.2, 0.25) is 5.02 Å². The van der Waals surface area contributed by atoms with Crippen LogP contribution in [-0.2, 0) is 10.8 Å². The molecule has 1 atom stereocenters. The predicted molar refractivity (Wildman–Crippen MR) is 74.8 cm³/mol. The van der Waals surface area contributed by atoms with Gasteiger partial charge >= 0.3 is 0 Å². The van der Waals surface area contributed by atoms with Crippen molar-refractivity contribution in [3.8, 4) is 0 Å². The van der Waals surface area contributed by atoms with Crippen LogP contribution in [0.3, 0.4) is 0 Å². The van der Waals surface area contributed by atoms with Gasteiger partial charge in [-0.15, -0.1) is 0 Å². The lowest BCUT2D eigenvalue weighted by molar-refractivity contribution is 0.682. The molecule has 90 valence electrons. The lowest BCUT2D eigenvalue weighted by Crippen LogP contribution is -2.01. The molecule has 0 aromatic heterocycles. The molecule has 0 aliphatic carbocycles. The third-order valence-electron chi connectivity index (χ3n) is 2.02. The summed E-state index contributed by atoms with van der Waals surface area (Å²) in [4.78, 5) is 0.692. The van der Waals surface area contributed by atoms with E-state index in [-0.39, 0.29) is 0 Å². The summed E-state index contributed by atoms with van der Waals surface area (Å²) in [6.07, 6.45) is 0.950. The van der Waals surface area contributed by atoms with Gasteiger partial charge in [-0.3, -0.25) is 4.21 Å². The fourth-order valence-corrected chi connectivity index (χ4v) is 3.64. The first kappa shape index (κ1) is 13.9. The van der Waals surface area contributed by atoms with Gasteiger partial charge in [0.25, 0.3) is 0 Å². The van der Waals surface area contributed by atoms with Gasteiger partial charge in [-0.25, -0.2) is 0 Å². The van der Waals surface area contributed by atoms with Gasteiger partial charge in [-0.2, -0.15) is 11.8 Å². The van der Waals surface area contributed by atoms with Crippen LogP contribution in [0.4, 0.5) is 5.69 Å². The highest BCUT2D eigenvalue weighted by molar-refractivity contribution is 7.99. The average molecular weight is 278 g/mol. The number of halogens is 1. The first-order valence-electron chi connectivity index (χ1n) is 5.16. The first-order chi connectivity index (χ1) is 7.65. The summed E-state index contributed by atoms with van der Waals surface area (Å²) in [7, 11) is -1.01. The van der Waals surface area contributed by atoms with Crippen molar-refractivity contribution in [2.24, 2.45) is 0 Å². The van der Waals surface area contributed by atoms with Gasteiger partial charge in [0.15, 0.2) is 0 Å². The summed E-state index contributed by atoms with van der Waals surface area (Å²) >= 11 is 7.85. The molecule has 0 saturated heterocycles. The van der Waals surface area contributed by atoms with Gasteiger partial charge in [0, 0.05) is 11.4 Å². The molecule has 0 radical (unpaired) electrons. The molecule has 0 spiro atoms. The lowest BCUT2D eigenvalue weighted by atomic mass is 10.3. The highest BCUT2D eigenvalue weighted by atomic mass is 35.5. The van der Waals surface area contributed by atoms with Crippen LogP contribution in [-0.4, -0.2) is 21.5 Å². The molecule has 0 amide bonds. The zero-order chi connectivity index (χ0) is 12.0. The van der Waals surface area contributed by atoms with Crippen molar-refractivity contribution in [2.75, 3.05) is 23.0 Å². The Kier molecular flexibility index (Phi) is 6.24. The highest BCUT2D eigenvalue weighted by Gasteiger charge is 2.08. The maximum Gasteiger partial charge on any atom is 0.0587 e. The number of benzene rings is 1. The Labute approximate surface area is 108 Å². The third-order valence-corrected chi connectivity index (χ3v) is 4.94. The zero-order valence-corrected chi connectivity index (χ0v) is 11.6. The topological polar surface area (TPSA) is 43.1 Å². The Morgan fingerprint density at radius 3 is 2.88 bits per heavy atom. The number of thioether (sulfide) groups is 1. The van der Waals surface area contributed by atoms with Gasteiger partial charge in [0.05, 0.1) is 20.7 Å². The van der Waals surface area contributed by atoms with Crippen LogP contribution in [0.15, 0.2) is 23.1 Å². The van der Waals surface area contributed by atoms with Gasteiger partial charge < -0.3 is 5.73 Å². The number of rotatable bonds is 6. The minimum atomic E-state index is -1.01. The summed E-state index contributed by atoms with van der Waals surface area (Å²) in [6, 6.07) is 5.14. The minimum Gasteiger partial charge on any atom is -0.399 e. The monoisotopic (exact) mass is 277 g/mol. The molecule has 1 unspecified atom stereocenters. The molecule has 0 aliphatic heterocycles. The summed E-state index contributed by atoms with van der Waals surface area (Å²) < 4.78 is 11.9. The second kappa shape index (κ2) is 7.20. The van der Waals surface area contributed by atoms with Crippen LogP contribution in [0.25, 0.3) is 0 Å². The number of nitrogens with two attached hydrogens (primary N) is 1. The van der Waals surface area contributed by atoms with Crippen molar-refractivity contribution >= 4 is 39.8 Å². The molecule has 2 nitrogen and oxygen atoms in total. The maximum absolute atomic E-state index is 11.9. The van der Waals surface area contributed by atoms with E-state index in [0.717, 1.165) is 17.9 Å². The van der Waals surface area contributed by atoms with Crippen molar-refractivity contribution in [2.45, 2.75) is 18.2 Å². The highest BCUT2D eigenvalue weighted by Crippen LogP contribution is 2.23. The van der Waals surface area contributed by atoms with Crippen molar-refractivity contribution in [3.05, 3.63) is 23.2 Å². The molecule has 0 heterocycles. The first-order valence-corrected chi connectivity index (χ1v) is 8.01. The molecule has 1 aromatic carbocycles. The molecule has 5 heteroatoms. The second-order valence-corrected chi connectivity index (χ2v) is 6.63. The minimum absolute atomic E-state index is 0.501. The molecule has 0 fully saturated rings. The number of hydrogen-bond donors (Lipinski definition) is 1. The van der Waals surface area contributed by atoms with E-state index in [1.807, 2.05) is 11.8 Å². The predicted octanol–water partition coefficient (Wildman–Crippen LogP) is 3.17. The normalized spacial score (nSPS) is 12.6. The van der Waals surface area contributed by atoms with Crippen molar-refractivity contribution in [1.82, 2.24) is 0 Å². The molecule has 0 bridgehead atoms. The molecule has 16 heavy (non-hydrogen) atoms. The standard InChI is InChI=1S/C11H16ClNOS2/c1-2-15-6-3-7-16(14)11-5-4-9(13)8-10(11)12/h4-5,8H,2-3,6-7,13H2,1H3. The summed E-state index contributed by atoms with van der Waals surface area (Å²) in [5.74, 6) is 2.82. The van der Waals surface area contributed by atoms with E-state index < -0.39 is 10.8 Å². The third kappa shape index (κ3) is 4.36. The average Bonchev–Trinajstić information content (AvgIpc) is 2.24. The van der Waals surface area contributed by atoms with Crippen LogP contribution in [0, 0.1) is 0 Å². The van der Waals surface area contributed by atoms with Crippen molar-refractivity contribution in [3.63, 3.8) is 0 Å². The number of nitrogen functional groups attached to an aromatic ring is 1. The van der Waals surface area contributed by atoms with Crippen LogP contribution >= 0.6 is 23.4 Å². The Morgan fingerprint density at radius 1 is 1.50 bits per heavy atom. The second-order valence-electron chi connectivity index (χ2n) is 3.29.